The Balaban J connectivity index is 0.000000482. The number of hydrogen-bond acceptors (Lipinski definition) is 3. The highest BCUT2D eigenvalue weighted by molar-refractivity contribution is 5.98. The van der Waals surface area contributed by atoms with E-state index in [1.165, 1.54) is 5.56 Å². The lowest BCUT2D eigenvalue weighted by molar-refractivity contribution is 0.129. The fraction of sp³-hybridized carbons (Fsp3) is 0.0577. The zero-order valence-corrected chi connectivity index (χ0v) is 30.3. The molecule has 0 fully saturated rings. The van der Waals surface area contributed by atoms with Crippen molar-refractivity contribution in [3.63, 3.8) is 0 Å². The molecule has 9 aromatic rings. The molecule has 8 aromatic carbocycles. The Morgan fingerprint density at radius 3 is 0.927 bits per heavy atom. The second-order valence-electron chi connectivity index (χ2n) is 14.6. The summed E-state index contributed by atoms with van der Waals surface area (Å²) >= 11 is 0. The largest absolute Gasteiger partial charge is 0.376 e. The second kappa shape index (κ2) is 12.7. The molecule has 0 saturated carbocycles. The molecule has 3 nitrogen and oxygen atoms in total. The number of aromatic nitrogens is 1. The molecule has 2 aliphatic carbocycles. The Hall–Kier alpha value is -6.65. The van der Waals surface area contributed by atoms with Gasteiger partial charge in [0.05, 0.1) is 0 Å². The predicted octanol–water partition coefficient (Wildman–Crippen LogP) is 11.6. The van der Waals surface area contributed by atoms with E-state index >= 15 is 0 Å². The van der Waals surface area contributed by atoms with Crippen LogP contribution in [0.25, 0.3) is 54.9 Å². The maximum atomic E-state index is 13.4. The minimum absolute atomic E-state index is 0.790. The topological polar surface area (TPSA) is 53.4 Å². The first-order valence-electron chi connectivity index (χ1n) is 18.7. The van der Waals surface area contributed by atoms with Gasteiger partial charge in [-0.25, -0.2) is 0 Å². The van der Waals surface area contributed by atoms with E-state index in [2.05, 4.69) is 89.9 Å². The molecule has 11 rings (SSSR count). The molecule has 0 saturated heterocycles. The number of pyridine rings is 1. The number of fused-ring (bicyclic) bond motifs is 8. The van der Waals surface area contributed by atoms with Crippen LogP contribution in [0.1, 0.15) is 38.9 Å². The highest BCUT2D eigenvalue weighted by Gasteiger charge is 2.47. The quantitative estimate of drug-likeness (QED) is 0.192. The SMILES string of the molecule is Cc1ccncc1.OC1(c2cc3ccccc3cc2-c2cc3ccccc3cc2C2(O)c3ccccc3-c3ccccc32)c2ccccc2-c2ccccc21. The Bertz CT molecular complexity index is 2660. The van der Waals surface area contributed by atoms with Crippen LogP contribution in [0, 0.1) is 6.92 Å². The van der Waals surface area contributed by atoms with Crippen molar-refractivity contribution >= 4 is 21.5 Å². The molecule has 0 spiro atoms. The molecule has 2 N–H and O–H groups in total. The van der Waals surface area contributed by atoms with Gasteiger partial charge in [-0.3, -0.25) is 4.98 Å². The highest BCUT2D eigenvalue weighted by Crippen LogP contribution is 2.57. The lowest BCUT2D eigenvalue weighted by atomic mass is 9.75. The summed E-state index contributed by atoms with van der Waals surface area (Å²) in [5.74, 6) is 0. The Morgan fingerprint density at radius 1 is 0.327 bits per heavy atom. The highest BCUT2D eigenvalue weighted by atomic mass is 16.3. The van der Waals surface area contributed by atoms with E-state index in [-0.39, 0.29) is 0 Å². The summed E-state index contributed by atoms with van der Waals surface area (Å²) in [7, 11) is 0. The Kier molecular flexibility index (Phi) is 7.64. The third kappa shape index (κ3) is 5.01. The van der Waals surface area contributed by atoms with E-state index in [1.807, 2.05) is 104 Å². The average Bonchev–Trinajstić information content (AvgIpc) is 3.67. The molecule has 1 aromatic heterocycles. The van der Waals surface area contributed by atoms with Crippen molar-refractivity contribution in [3.05, 3.63) is 233 Å². The Labute approximate surface area is 320 Å². The van der Waals surface area contributed by atoms with Crippen LogP contribution in [-0.4, -0.2) is 15.2 Å². The number of aryl methyl sites for hydroxylation is 1. The van der Waals surface area contributed by atoms with E-state index in [1.54, 1.807) is 12.4 Å². The van der Waals surface area contributed by atoms with Crippen LogP contribution < -0.4 is 0 Å². The number of benzene rings is 8. The van der Waals surface area contributed by atoms with Crippen molar-refractivity contribution in [1.82, 2.24) is 4.98 Å². The summed E-state index contributed by atoms with van der Waals surface area (Å²) < 4.78 is 0. The maximum Gasteiger partial charge on any atom is 0.142 e. The van der Waals surface area contributed by atoms with Gasteiger partial charge in [-0.05, 0) is 104 Å². The van der Waals surface area contributed by atoms with Gasteiger partial charge in [0.2, 0.25) is 0 Å². The predicted molar refractivity (Wildman–Crippen MR) is 224 cm³/mol. The van der Waals surface area contributed by atoms with Crippen LogP contribution in [0.15, 0.2) is 194 Å². The Morgan fingerprint density at radius 2 is 0.618 bits per heavy atom. The zero-order chi connectivity index (χ0) is 37.1. The van der Waals surface area contributed by atoms with E-state index < -0.39 is 11.2 Å². The van der Waals surface area contributed by atoms with Gasteiger partial charge < -0.3 is 10.2 Å². The average molecular weight is 708 g/mol. The molecule has 0 amide bonds. The molecule has 0 unspecified atom stereocenters. The van der Waals surface area contributed by atoms with E-state index in [4.69, 9.17) is 0 Å². The third-order valence-electron chi connectivity index (χ3n) is 11.5. The van der Waals surface area contributed by atoms with Crippen LogP contribution >= 0.6 is 0 Å². The van der Waals surface area contributed by atoms with Crippen molar-refractivity contribution in [2.75, 3.05) is 0 Å². The second-order valence-corrected chi connectivity index (χ2v) is 14.6. The van der Waals surface area contributed by atoms with Crippen molar-refractivity contribution in [1.29, 1.82) is 0 Å². The number of hydrogen-bond donors (Lipinski definition) is 2. The fourth-order valence-electron chi connectivity index (χ4n) is 8.96. The van der Waals surface area contributed by atoms with Gasteiger partial charge in [-0.2, -0.15) is 0 Å². The molecule has 0 radical (unpaired) electrons. The van der Waals surface area contributed by atoms with Gasteiger partial charge in [-0.15, -0.1) is 0 Å². The standard InChI is InChI=1S/C46H30O2.C6H7N/c47-45(39-21-9-5-17-33(39)34-18-6-10-22-40(34)45)43-27-31-15-3-1-13-29(31)25-37(43)38-26-30-14-2-4-16-32(30)28-44(38)46(48)41-23-11-7-19-35(41)36-20-8-12-24-42(36)46;1-6-2-4-7-5-3-6/h1-28,47-48H;2-5H,1H3. The van der Waals surface area contributed by atoms with Crippen molar-refractivity contribution < 1.29 is 10.2 Å². The van der Waals surface area contributed by atoms with Crippen LogP contribution in [-0.2, 0) is 11.2 Å². The van der Waals surface area contributed by atoms with Gasteiger partial charge in [-0.1, -0.05) is 146 Å². The fourth-order valence-corrected chi connectivity index (χ4v) is 8.96. The van der Waals surface area contributed by atoms with E-state index in [9.17, 15) is 10.2 Å². The zero-order valence-electron chi connectivity index (χ0n) is 30.3. The lowest BCUT2D eigenvalue weighted by Gasteiger charge is -2.33. The molecular weight excluding hydrogens is 671 g/mol. The van der Waals surface area contributed by atoms with Crippen molar-refractivity contribution in [3.8, 4) is 33.4 Å². The van der Waals surface area contributed by atoms with Crippen molar-refractivity contribution in [2.45, 2.75) is 18.1 Å². The molecule has 0 aliphatic heterocycles. The maximum absolute atomic E-state index is 13.4. The summed E-state index contributed by atoms with van der Waals surface area (Å²) in [5.41, 5.74) is 9.34. The van der Waals surface area contributed by atoms with Gasteiger partial charge in [0.15, 0.2) is 0 Å². The first-order chi connectivity index (χ1) is 27.0. The van der Waals surface area contributed by atoms with Crippen LogP contribution in [0.3, 0.4) is 0 Å². The smallest absolute Gasteiger partial charge is 0.142 e. The summed E-state index contributed by atoms with van der Waals surface area (Å²) in [5, 5.41) is 30.9. The van der Waals surface area contributed by atoms with Gasteiger partial charge >= 0.3 is 0 Å². The molecule has 55 heavy (non-hydrogen) atoms. The number of rotatable bonds is 3. The van der Waals surface area contributed by atoms with Crippen LogP contribution in [0.2, 0.25) is 0 Å². The molecule has 262 valence electrons. The normalized spacial score (nSPS) is 14.0. The number of nitrogens with zero attached hydrogens (tertiary/aromatic N) is 1. The summed E-state index contributed by atoms with van der Waals surface area (Å²) in [6.45, 7) is 2.04. The van der Waals surface area contributed by atoms with Gasteiger partial charge in [0, 0.05) is 45.8 Å². The summed E-state index contributed by atoms with van der Waals surface area (Å²) in [4.78, 5) is 3.85. The minimum atomic E-state index is -1.43. The van der Waals surface area contributed by atoms with Crippen LogP contribution in [0.5, 0.6) is 0 Å². The third-order valence-corrected chi connectivity index (χ3v) is 11.5. The minimum Gasteiger partial charge on any atom is -0.376 e. The van der Waals surface area contributed by atoms with Crippen LogP contribution in [0.4, 0.5) is 0 Å². The number of aliphatic hydroxyl groups is 2. The lowest BCUT2D eigenvalue weighted by Crippen LogP contribution is -2.29. The van der Waals surface area contributed by atoms with Crippen molar-refractivity contribution in [2.24, 2.45) is 0 Å². The molecule has 2 aliphatic rings. The van der Waals surface area contributed by atoms with E-state index in [0.717, 1.165) is 88.3 Å². The van der Waals surface area contributed by atoms with E-state index in [0.29, 0.717) is 0 Å². The van der Waals surface area contributed by atoms with Gasteiger partial charge in [0.25, 0.3) is 0 Å². The molecule has 0 bridgehead atoms. The van der Waals surface area contributed by atoms with Gasteiger partial charge in [0.1, 0.15) is 11.2 Å². The monoisotopic (exact) mass is 707 g/mol. The first-order valence-corrected chi connectivity index (χ1v) is 18.7. The molecule has 3 heteroatoms. The first kappa shape index (κ1) is 33.0. The molecular formula is C52H37NO2. The summed E-state index contributed by atoms with van der Waals surface area (Å²) in [6.07, 6.45) is 3.57. The summed E-state index contributed by atoms with van der Waals surface area (Å²) in [6, 6.07) is 62.1. The molecule has 0 atom stereocenters. The molecule has 1 heterocycles.